The number of hydrogen-bond donors (Lipinski definition) is 2. The van der Waals surface area contributed by atoms with Gasteiger partial charge in [-0.1, -0.05) is 6.07 Å². The van der Waals surface area contributed by atoms with Crippen molar-refractivity contribution >= 4 is 17.6 Å². The Labute approximate surface area is 197 Å². The number of amides is 1. The van der Waals surface area contributed by atoms with Crippen molar-refractivity contribution in [1.29, 1.82) is 0 Å². The number of hydrogen-bond acceptors (Lipinski definition) is 5. The lowest BCUT2D eigenvalue weighted by Crippen LogP contribution is -2.36. The van der Waals surface area contributed by atoms with Gasteiger partial charge in [-0.05, 0) is 63.1 Å². The minimum Gasteiger partial charge on any atom is -0.486 e. The molecule has 3 aromatic rings. The third-order valence-corrected chi connectivity index (χ3v) is 5.59. The Morgan fingerprint density at radius 1 is 1.15 bits per heavy atom. The van der Waals surface area contributed by atoms with Crippen LogP contribution in [-0.2, 0) is 13.0 Å². The van der Waals surface area contributed by atoms with Crippen molar-refractivity contribution in [2.24, 2.45) is 4.99 Å². The number of halogens is 1. The zero-order valence-corrected chi connectivity index (χ0v) is 19.5. The Hall–Kier alpha value is -3.88. The molecule has 34 heavy (non-hydrogen) atoms. The van der Waals surface area contributed by atoms with Gasteiger partial charge in [0, 0.05) is 36.1 Å². The molecule has 2 N–H and O–H groups in total. The molecule has 0 saturated heterocycles. The number of carbonyl (C=O) groups excluding carboxylic acids is 1. The molecule has 2 heterocycles. The van der Waals surface area contributed by atoms with Crippen molar-refractivity contribution in [3.63, 3.8) is 0 Å². The van der Waals surface area contributed by atoms with E-state index in [9.17, 15) is 9.18 Å². The van der Waals surface area contributed by atoms with E-state index in [1.54, 1.807) is 18.2 Å². The van der Waals surface area contributed by atoms with Gasteiger partial charge >= 0.3 is 0 Å². The van der Waals surface area contributed by atoms with E-state index in [-0.39, 0.29) is 11.5 Å². The summed E-state index contributed by atoms with van der Waals surface area (Å²) >= 11 is 0. The van der Waals surface area contributed by atoms with Crippen LogP contribution in [0.25, 0.3) is 0 Å². The summed E-state index contributed by atoms with van der Waals surface area (Å²) in [5, 5.41) is 10.5. The van der Waals surface area contributed by atoms with E-state index < -0.39 is 11.7 Å². The SMILES string of the molecule is CCn1nc(C)c(CCN=C(NC(=O)c2cccc(F)c2)Nc2ccc3c(c2)OCCO3)c1C. The molecule has 1 aliphatic heterocycles. The van der Waals surface area contributed by atoms with Crippen LogP contribution in [0.3, 0.4) is 0 Å². The van der Waals surface area contributed by atoms with Crippen LogP contribution in [0.5, 0.6) is 11.5 Å². The van der Waals surface area contributed by atoms with Crippen molar-refractivity contribution in [3.8, 4) is 11.5 Å². The largest absolute Gasteiger partial charge is 0.486 e. The number of aromatic nitrogens is 2. The summed E-state index contributed by atoms with van der Waals surface area (Å²) in [6.07, 6.45) is 0.666. The van der Waals surface area contributed by atoms with Crippen molar-refractivity contribution in [1.82, 2.24) is 15.1 Å². The van der Waals surface area contributed by atoms with E-state index in [4.69, 9.17) is 9.47 Å². The lowest BCUT2D eigenvalue weighted by atomic mass is 10.1. The zero-order chi connectivity index (χ0) is 24.1. The molecule has 9 heteroatoms. The highest BCUT2D eigenvalue weighted by Gasteiger charge is 2.15. The van der Waals surface area contributed by atoms with Gasteiger partial charge in [-0.15, -0.1) is 0 Å². The molecule has 0 spiro atoms. The number of carbonyl (C=O) groups is 1. The molecule has 4 rings (SSSR count). The average Bonchev–Trinajstić information content (AvgIpc) is 3.11. The molecule has 0 unspecified atom stereocenters. The summed E-state index contributed by atoms with van der Waals surface area (Å²) in [6, 6.07) is 10.9. The Kier molecular flexibility index (Phi) is 7.10. The van der Waals surface area contributed by atoms with Crippen LogP contribution in [-0.4, -0.2) is 41.4 Å². The van der Waals surface area contributed by atoms with Crippen molar-refractivity contribution < 1.29 is 18.7 Å². The summed E-state index contributed by atoms with van der Waals surface area (Å²) in [6.45, 7) is 8.28. The highest BCUT2D eigenvalue weighted by Crippen LogP contribution is 2.32. The minimum atomic E-state index is -0.482. The Morgan fingerprint density at radius 2 is 1.94 bits per heavy atom. The molecule has 1 aliphatic rings. The second kappa shape index (κ2) is 10.4. The number of nitrogens with one attached hydrogen (secondary N) is 2. The summed E-state index contributed by atoms with van der Waals surface area (Å²) < 4.78 is 26.8. The zero-order valence-electron chi connectivity index (χ0n) is 19.5. The van der Waals surface area contributed by atoms with Gasteiger partial charge in [0.25, 0.3) is 5.91 Å². The van der Waals surface area contributed by atoms with Gasteiger partial charge in [-0.2, -0.15) is 5.10 Å². The first kappa shape index (κ1) is 23.3. The molecule has 0 atom stereocenters. The molecule has 8 nitrogen and oxygen atoms in total. The molecule has 0 fully saturated rings. The summed E-state index contributed by atoms with van der Waals surface area (Å²) in [7, 11) is 0. The fourth-order valence-electron chi connectivity index (χ4n) is 3.86. The average molecular weight is 466 g/mol. The molecule has 2 aromatic carbocycles. The van der Waals surface area contributed by atoms with E-state index >= 15 is 0 Å². The quantitative estimate of drug-likeness (QED) is 0.426. The Morgan fingerprint density at radius 3 is 2.68 bits per heavy atom. The fourth-order valence-corrected chi connectivity index (χ4v) is 3.86. The van der Waals surface area contributed by atoms with E-state index in [0.717, 1.165) is 23.5 Å². The van der Waals surface area contributed by atoms with Crippen LogP contribution in [0.2, 0.25) is 0 Å². The standard InChI is InChI=1S/C25H28FN5O3/c1-4-31-17(3)21(16(2)30-31)10-11-27-25(29-24(32)18-6-5-7-19(26)14-18)28-20-8-9-22-23(15-20)34-13-12-33-22/h5-9,14-15H,4,10-13H2,1-3H3,(H2,27,28,29,32). The Bertz CT molecular complexity index is 1220. The number of nitrogens with zero attached hydrogens (tertiary/aromatic N) is 3. The first-order chi connectivity index (χ1) is 16.4. The number of aliphatic imine (C=N–C) groups is 1. The number of fused-ring (bicyclic) bond motifs is 1. The smallest absolute Gasteiger partial charge is 0.258 e. The maximum atomic E-state index is 13.6. The second-order valence-electron chi connectivity index (χ2n) is 7.89. The first-order valence-corrected chi connectivity index (χ1v) is 11.3. The topological polar surface area (TPSA) is 89.8 Å². The third-order valence-electron chi connectivity index (χ3n) is 5.59. The van der Waals surface area contributed by atoms with Crippen LogP contribution in [0, 0.1) is 19.7 Å². The van der Waals surface area contributed by atoms with Crippen molar-refractivity contribution in [3.05, 3.63) is 70.8 Å². The molecule has 0 bridgehead atoms. The number of guanidine groups is 1. The molecule has 1 aromatic heterocycles. The summed E-state index contributed by atoms with van der Waals surface area (Å²) in [4.78, 5) is 17.4. The normalized spacial score (nSPS) is 13.0. The lowest BCUT2D eigenvalue weighted by molar-refractivity contribution is 0.0976. The molecule has 0 aliphatic carbocycles. The fraction of sp³-hybridized carbons (Fsp3) is 0.320. The number of anilines is 1. The highest BCUT2D eigenvalue weighted by molar-refractivity contribution is 6.10. The molecule has 0 radical (unpaired) electrons. The van der Waals surface area contributed by atoms with Gasteiger partial charge in [-0.25, -0.2) is 4.39 Å². The van der Waals surface area contributed by atoms with Crippen LogP contribution in [0.4, 0.5) is 10.1 Å². The van der Waals surface area contributed by atoms with Crippen LogP contribution >= 0.6 is 0 Å². The lowest BCUT2D eigenvalue weighted by Gasteiger charge is -2.19. The molecular weight excluding hydrogens is 437 g/mol. The maximum Gasteiger partial charge on any atom is 0.258 e. The summed E-state index contributed by atoms with van der Waals surface area (Å²) in [5.74, 6) is 0.590. The van der Waals surface area contributed by atoms with E-state index in [2.05, 4.69) is 27.6 Å². The van der Waals surface area contributed by atoms with E-state index in [0.29, 0.717) is 43.4 Å². The number of ether oxygens (including phenoxy) is 2. The molecule has 0 saturated carbocycles. The first-order valence-electron chi connectivity index (χ1n) is 11.3. The number of rotatable bonds is 6. The van der Waals surface area contributed by atoms with Gasteiger partial charge in [0.1, 0.15) is 19.0 Å². The number of aryl methyl sites for hydroxylation is 2. The van der Waals surface area contributed by atoms with Crippen LogP contribution < -0.4 is 20.1 Å². The predicted octanol–water partition coefficient (Wildman–Crippen LogP) is 3.87. The van der Waals surface area contributed by atoms with E-state index in [1.807, 2.05) is 24.6 Å². The highest BCUT2D eigenvalue weighted by atomic mass is 19.1. The summed E-state index contributed by atoms with van der Waals surface area (Å²) in [5.41, 5.74) is 4.10. The van der Waals surface area contributed by atoms with Gasteiger partial charge in [-0.3, -0.25) is 19.8 Å². The van der Waals surface area contributed by atoms with Crippen LogP contribution in [0.15, 0.2) is 47.5 Å². The third kappa shape index (κ3) is 5.36. The molecule has 1 amide bonds. The van der Waals surface area contributed by atoms with E-state index in [1.165, 1.54) is 18.2 Å². The second-order valence-corrected chi connectivity index (χ2v) is 7.89. The van der Waals surface area contributed by atoms with Gasteiger partial charge in [0.05, 0.1) is 5.69 Å². The minimum absolute atomic E-state index is 0.201. The van der Waals surface area contributed by atoms with Crippen molar-refractivity contribution in [2.75, 3.05) is 25.1 Å². The van der Waals surface area contributed by atoms with Gasteiger partial charge < -0.3 is 14.8 Å². The molecular formula is C25H28FN5O3. The van der Waals surface area contributed by atoms with Gasteiger partial charge in [0.15, 0.2) is 11.5 Å². The van der Waals surface area contributed by atoms with Crippen LogP contribution in [0.1, 0.15) is 34.2 Å². The number of benzene rings is 2. The van der Waals surface area contributed by atoms with Gasteiger partial charge in [0.2, 0.25) is 5.96 Å². The maximum absolute atomic E-state index is 13.6. The monoisotopic (exact) mass is 465 g/mol. The van der Waals surface area contributed by atoms with Crippen molar-refractivity contribution in [2.45, 2.75) is 33.7 Å². The molecule has 178 valence electrons. The predicted molar refractivity (Wildman–Crippen MR) is 128 cm³/mol. The Balaban J connectivity index is 1.54.